The Labute approximate surface area is 102 Å². The van der Waals surface area contributed by atoms with E-state index in [2.05, 4.69) is 0 Å². The first-order chi connectivity index (χ1) is 8.00. The van der Waals surface area contributed by atoms with E-state index in [1.165, 1.54) is 0 Å². The highest BCUT2D eigenvalue weighted by atomic mass is 16.5. The van der Waals surface area contributed by atoms with Gasteiger partial charge in [-0.05, 0) is 25.7 Å². The average Bonchev–Trinajstić information content (AvgIpc) is 2.28. The van der Waals surface area contributed by atoms with Crippen molar-refractivity contribution < 1.29 is 19.4 Å². The number of carboxylic acid groups (broad SMARTS) is 1. The Morgan fingerprint density at radius 1 is 1.41 bits per heavy atom. The zero-order chi connectivity index (χ0) is 12.8. The highest BCUT2D eigenvalue weighted by Crippen LogP contribution is 2.19. The summed E-state index contributed by atoms with van der Waals surface area (Å²) in [4.78, 5) is 24.0. The molecule has 0 aromatic rings. The quantitative estimate of drug-likeness (QED) is 0.786. The van der Waals surface area contributed by atoms with E-state index in [1.807, 2.05) is 0 Å². The molecular weight excluding hydrogens is 222 g/mol. The second kappa shape index (κ2) is 6.59. The van der Waals surface area contributed by atoms with Crippen LogP contribution in [0.25, 0.3) is 0 Å². The summed E-state index contributed by atoms with van der Waals surface area (Å²) in [6.07, 6.45) is 2.35. The smallest absolute Gasteiger partial charge is 0.305 e. The Bertz CT molecular complexity index is 274. The summed E-state index contributed by atoms with van der Waals surface area (Å²) in [5, 5.41) is 8.68. The molecule has 98 valence electrons. The third-order valence-electron chi connectivity index (χ3n) is 3.33. The lowest BCUT2D eigenvalue weighted by atomic mass is 9.95. The summed E-state index contributed by atoms with van der Waals surface area (Å²) < 4.78 is 5.24. The van der Waals surface area contributed by atoms with E-state index in [9.17, 15) is 9.59 Å². The molecule has 17 heavy (non-hydrogen) atoms. The number of carboxylic acids is 1. The maximum absolute atomic E-state index is 11.9. The van der Waals surface area contributed by atoms with Crippen LogP contribution >= 0.6 is 0 Å². The molecule has 1 aliphatic rings. The summed E-state index contributed by atoms with van der Waals surface area (Å²) in [5.74, 6) is -0.454. The highest BCUT2D eigenvalue weighted by molar-refractivity contribution is 5.77. The minimum absolute atomic E-state index is 0.00395. The van der Waals surface area contributed by atoms with Crippen molar-refractivity contribution in [3.05, 3.63) is 0 Å². The van der Waals surface area contributed by atoms with Gasteiger partial charge in [0.15, 0.2) is 0 Å². The molecule has 1 unspecified atom stereocenters. The minimum Gasteiger partial charge on any atom is -0.481 e. The van der Waals surface area contributed by atoms with E-state index in [1.54, 1.807) is 18.9 Å². The van der Waals surface area contributed by atoms with E-state index in [4.69, 9.17) is 9.84 Å². The van der Waals surface area contributed by atoms with Gasteiger partial charge in [-0.3, -0.25) is 9.59 Å². The molecule has 1 amide bonds. The van der Waals surface area contributed by atoms with Crippen LogP contribution in [0.2, 0.25) is 0 Å². The first-order valence-electron chi connectivity index (χ1n) is 6.06. The number of nitrogens with zero attached hydrogens (tertiary/aromatic N) is 1. The van der Waals surface area contributed by atoms with Crippen LogP contribution in [-0.2, 0) is 14.3 Å². The van der Waals surface area contributed by atoms with Crippen molar-refractivity contribution in [1.82, 2.24) is 4.90 Å². The number of hydrogen-bond acceptors (Lipinski definition) is 3. The number of rotatable bonds is 5. The van der Waals surface area contributed by atoms with Gasteiger partial charge in [-0.1, -0.05) is 0 Å². The fraction of sp³-hybridized carbons (Fsp3) is 0.833. The Morgan fingerprint density at radius 2 is 2.00 bits per heavy atom. The highest BCUT2D eigenvalue weighted by Gasteiger charge is 2.23. The predicted octanol–water partition coefficient (Wildman–Crippen LogP) is 1.12. The molecule has 0 aromatic heterocycles. The fourth-order valence-electron chi connectivity index (χ4n) is 1.98. The molecule has 0 saturated carbocycles. The largest absolute Gasteiger partial charge is 0.481 e. The van der Waals surface area contributed by atoms with Gasteiger partial charge in [0.25, 0.3) is 0 Å². The van der Waals surface area contributed by atoms with Crippen molar-refractivity contribution >= 4 is 11.9 Å². The maximum Gasteiger partial charge on any atom is 0.305 e. The number of ether oxygens (including phenoxy) is 1. The lowest BCUT2D eigenvalue weighted by Gasteiger charge is -2.27. The number of aliphatic carboxylic acids is 1. The van der Waals surface area contributed by atoms with Crippen LogP contribution in [0.5, 0.6) is 0 Å². The predicted molar refractivity (Wildman–Crippen MR) is 62.6 cm³/mol. The van der Waals surface area contributed by atoms with E-state index in [0.29, 0.717) is 12.3 Å². The van der Waals surface area contributed by atoms with Crippen molar-refractivity contribution in [2.75, 3.05) is 20.3 Å². The van der Waals surface area contributed by atoms with Crippen LogP contribution < -0.4 is 0 Å². The summed E-state index contributed by atoms with van der Waals surface area (Å²) >= 11 is 0. The van der Waals surface area contributed by atoms with Crippen molar-refractivity contribution in [3.63, 3.8) is 0 Å². The van der Waals surface area contributed by atoms with Crippen molar-refractivity contribution in [2.24, 2.45) is 5.92 Å². The Morgan fingerprint density at radius 3 is 2.53 bits per heavy atom. The molecule has 1 heterocycles. The van der Waals surface area contributed by atoms with E-state index in [0.717, 1.165) is 26.1 Å². The molecular formula is C12H21NO4. The van der Waals surface area contributed by atoms with Gasteiger partial charge in [-0.15, -0.1) is 0 Å². The topological polar surface area (TPSA) is 66.8 Å². The summed E-state index contributed by atoms with van der Waals surface area (Å²) in [7, 11) is 1.68. The number of amides is 1. The molecule has 1 N–H and O–H groups in total. The molecule has 1 fully saturated rings. The van der Waals surface area contributed by atoms with Crippen molar-refractivity contribution in [3.8, 4) is 0 Å². The third-order valence-corrected chi connectivity index (χ3v) is 3.33. The second-order valence-electron chi connectivity index (χ2n) is 4.71. The summed E-state index contributed by atoms with van der Waals surface area (Å²) in [6.45, 7) is 3.22. The molecule has 1 atom stereocenters. The van der Waals surface area contributed by atoms with Gasteiger partial charge in [0.1, 0.15) is 0 Å². The number of hydrogen-bond donors (Lipinski definition) is 1. The average molecular weight is 243 g/mol. The molecule has 0 aromatic carbocycles. The Balaban J connectivity index is 2.37. The van der Waals surface area contributed by atoms with Crippen LogP contribution in [0.3, 0.4) is 0 Å². The number of carbonyl (C=O) groups is 2. The first-order valence-corrected chi connectivity index (χ1v) is 6.06. The normalized spacial score (nSPS) is 18.7. The lowest BCUT2D eigenvalue weighted by Crippen LogP contribution is -2.37. The Kier molecular flexibility index (Phi) is 5.41. The first kappa shape index (κ1) is 14.0. The zero-order valence-electron chi connectivity index (χ0n) is 10.5. The molecule has 0 radical (unpaired) electrons. The molecule has 5 heteroatoms. The number of carbonyl (C=O) groups excluding carboxylic acids is 1. The van der Waals surface area contributed by atoms with Gasteiger partial charge < -0.3 is 14.7 Å². The maximum atomic E-state index is 11.9. The second-order valence-corrected chi connectivity index (χ2v) is 4.71. The molecule has 1 rings (SSSR count). The monoisotopic (exact) mass is 243 g/mol. The van der Waals surface area contributed by atoms with E-state index < -0.39 is 5.97 Å². The van der Waals surface area contributed by atoms with Crippen LogP contribution in [0.4, 0.5) is 0 Å². The van der Waals surface area contributed by atoms with Crippen molar-refractivity contribution in [2.45, 2.75) is 38.6 Å². The van der Waals surface area contributed by atoms with Crippen LogP contribution in [0.15, 0.2) is 0 Å². The van der Waals surface area contributed by atoms with Gasteiger partial charge in [0.2, 0.25) is 5.91 Å². The van der Waals surface area contributed by atoms with Gasteiger partial charge >= 0.3 is 5.97 Å². The lowest BCUT2D eigenvalue weighted by molar-refractivity contribution is -0.140. The SMILES string of the molecule is CC(CC(=O)O)N(C)C(=O)CC1CCOCC1. The molecule has 0 bridgehead atoms. The standard InChI is InChI=1S/C12H21NO4/c1-9(7-12(15)16)13(2)11(14)8-10-3-5-17-6-4-10/h9-10H,3-8H2,1-2H3,(H,15,16). The van der Waals surface area contributed by atoms with Crippen molar-refractivity contribution in [1.29, 1.82) is 0 Å². The van der Waals surface area contributed by atoms with Crippen LogP contribution in [-0.4, -0.2) is 48.2 Å². The van der Waals surface area contributed by atoms with E-state index in [-0.39, 0.29) is 18.4 Å². The van der Waals surface area contributed by atoms with Gasteiger partial charge in [-0.2, -0.15) is 0 Å². The molecule has 1 saturated heterocycles. The molecule has 5 nitrogen and oxygen atoms in total. The molecule has 0 spiro atoms. The van der Waals surface area contributed by atoms with Gasteiger partial charge in [0.05, 0.1) is 6.42 Å². The molecule has 1 aliphatic heterocycles. The Hall–Kier alpha value is -1.10. The minimum atomic E-state index is -0.872. The zero-order valence-corrected chi connectivity index (χ0v) is 10.5. The molecule has 0 aliphatic carbocycles. The van der Waals surface area contributed by atoms with Gasteiger partial charge in [0, 0.05) is 32.7 Å². The summed E-state index contributed by atoms with van der Waals surface area (Å²) in [5.41, 5.74) is 0. The van der Waals surface area contributed by atoms with Gasteiger partial charge in [-0.25, -0.2) is 0 Å². The fourth-order valence-corrected chi connectivity index (χ4v) is 1.98. The summed E-state index contributed by atoms with van der Waals surface area (Å²) in [6, 6.07) is -0.250. The van der Waals surface area contributed by atoms with Crippen LogP contribution in [0, 0.1) is 5.92 Å². The third kappa shape index (κ3) is 4.73. The van der Waals surface area contributed by atoms with E-state index >= 15 is 0 Å². The van der Waals surface area contributed by atoms with Crippen LogP contribution in [0.1, 0.15) is 32.6 Å².